The van der Waals surface area contributed by atoms with Gasteiger partial charge in [-0.05, 0) is 18.2 Å². The van der Waals surface area contributed by atoms with Crippen LogP contribution in [-0.4, -0.2) is 40.9 Å². The SMILES string of the molecule is COC(=O)c1cc(OC)cc(C(=O)Nc2ncn(C)n2)c1. The Morgan fingerprint density at radius 2 is 1.90 bits per heavy atom. The van der Waals surface area contributed by atoms with Gasteiger partial charge in [0.15, 0.2) is 0 Å². The number of benzene rings is 1. The van der Waals surface area contributed by atoms with E-state index in [0.29, 0.717) is 5.75 Å². The summed E-state index contributed by atoms with van der Waals surface area (Å²) in [6.45, 7) is 0. The predicted octanol–water partition coefficient (Wildman–Crippen LogP) is 0.863. The van der Waals surface area contributed by atoms with Crippen LogP contribution in [0.5, 0.6) is 5.75 Å². The van der Waals surface area contributed by atoms with Gasteiger partial charge in [-0.2, -0.15) is 0 Å². The number of aromatic nitrogens is 3. The van der Waals surface area contributed by atoms with Gasteiger partial charge in [0.2, 0.25) is 5.95 Å². The molecule has 1 amide bonds. The molecule has 0 aliphatic carbocycles. The summed E-state index contributed by atoms with van der Waals surface area (Å²) in [7, 11) is 4.39. The number of aryl methyl sites for hydroxylation is 1. The van der Waals surface area contributed by atoms with Gasteiger partial charge in [-0.25, -0.2) is 9.78 Å². The minimum atomic E-state index is -0.557. The van der Waals surface area contributed by atoms with E-state index in [-0.39, 0.29) is 17.1 Å². The first-order valence-electron chi connectivity index (χ1n) is 5.98. The molecule has 0 aliphatic heterocycles. The molecule has 1 aromatic heterocycles. The van der Waals surface area contributed by atoms with E-state index in [4.69, 9.17) is 4.74 Å². The van der Waals surface area contributed by atoms with E-state index < -0.39 is 11.9 Å². The monoisotopic (exact) mass is 290 g/mol. The molecular formula is C13H14N4O4. The predicted molar refractivity (Wildman–Crippen MR) is 73.3 cm³/mol. The molecule has 0 unspecified atom stereocenters. The van der Waals surface area contributed by atoms with Gasteiger partial charge in [-0.3, -0.25) is 14.8 Å². The molecule has 0 fully saturated rings. The van der Waals surface area contributed by atoms with Crippen LogP contribution >= 0.6 is 0 Å². The van der Waals surface area contributed by atoms with Crippen LogP contribution in [0.3, 0.4) is 0 Å². The molecule has 0 aliphatic rings. The average molecular weight is 290 g/mol. The van der Waals surface area contributed by atoms with E-state index in [9.17, 15) is 9.59 Å². The Hall–Kier alpha value is -2.90. The topological polar surface area (TPSA) is 95.3 Å². The second-order valence-electron chi connectivity index (χ2n) is 4.14. The van der Waals surface area contributed by atoms with Crippen molar-refractivity contribution in [2.45, 2.75) is 0 Å². The summed E-state index contributed by atoms with van der Waals surface area (Å²) in [6, 6.07) is 4.40. The third kappa shape index (κ3) is 3.35. The van der Waals surface area contributed by atoms with E-state index in [1.54, 1.807) is 7.05 Å². The van der Waals surface area contributed by atoms with E-state index in [2.05, 4.69) is 20.1 Å². The van der Waals surface area contributed by atoms with E-state index in [1.165, 1.54) is 43.4 Å². The maximum absolute atomic E-state index is 12.1. The molecule has 1 heterocycles. The summed E-state index contributed by atoms with van der Waals surface area (Å²) in [6.07, 6.45) is 1.46. The molecule has 8 nitrogen and oxygen atoms in total. The summed E-state index contributed by atoms with van der Waals surface area (Å²) in [5.74, 6) is -0.467. The second kappa shape index (κ2) is 6.04. The molecular weight excluding hydrogens is 276 g/mol. The lowest BCUT2D eigenvalue weighted by Crippen LogP contribution is -2.14. The van der Waals surface area contributed by atoms with Gasteiger partial charge in [0.25, 0.3) is 5.91 Å². The van der Waals surface area contributed by atoms with Gasteiger partial charge < -0.3 is 9.47 Å². The van der Waals surface area contributed by atoms with Gasteiger partial charge in [0.05, 0.1) is 19.8 Å². The lowest BCUT2D eigenvalue weighted by Gasteiger charge is -2.07. The first-order chi connectivity index (χ1) is 10.0. The van der Waals surface area contributed by atoms with Crippen LogP contribution in [0.15, 0.2) is 24.5 Å². The molecule has 21 heavy (non-hydrogen) atoms. The molecule has 0 saturated carbocycles. The maximum atomic E-state index is 12.1. The molecule has 1 aromatic carbocycles. The first kappa shape index (κ1) is 14.5. The van der Waals surface area contributed by atoms with Gasteiger partial charge in [0.1, 0.15) is 12.1 Å². The summed E-state index contributed by atoms with van der Waals surface area (Å²) in [5.41, 5.74) is 0.457. The highest BCUT2D eigenvalue weighted by Crippen LogP contribution is 2.18. The number of hydrogen-bond donors (Lipinski definition) is 1. The van der Waals surface area contributed by atoms with E-state index in [1.807, 2.05) is 0 Å². The fourth-order valence-electron chi connectivity index (χ4n) is 1.65. The summed E-state index contributed by atoms with van der Waals surface area (Å²) >= 11 is 0. The average Bonchev–Trinajstić information content (AvgIpc) is 2.90. The summed E-state index contributed by atoms with van der Waals surface area (Å²) in [4.78, 5) is 27.6. The van der Waals surface area contributed by atoms with Crippen molar-refractivity contribution in [3.63, 3.8) is 0 Å². The van der Waals surface area contributed by atoms with Crippen molar-refractivity contribution in [1.82, 2.24) is 14.8 Å². The van der Waals surface area contributed by atoms with Crippen molar-refractivity contribution in [2.75, 3.05) is 19.5 Å². The zero-order chi connectivity index (χ0) is 15.4. The van der Waals surface area contributed by atoms with Gasteiger partial charge in [-0.1, -0.05) is 0 Å². The number of methoxy groups -OCH3 is 2. The largest absolute Gasteiger partial charge is 0.497 e. The van der Waals surface area contributed by atoms with E-state index >= 15 is 0 Å². The molecule has 2 rings (SSSR count). The normalized spacial score (nSPS) is 10.0. The number of rotatable bonds is 4. The minimum absolute atomic E-state index is 0.171. The number of esters is 1. The van der Waals surface area contributed by atoms with Crippen LogP contribution in [0.25, 0.3) is 0 Å². The van der Waals surface area contributed by atoms with Crippen LogP contribution < -0.4 is 10.1 Å². The van der Waals surface area contributed by atoms with Gasteiger partial charge in [0, 0.05) is 12.6 Å². The highest BCUT2D eigenvalue weighted by Gasteiger charge is 2.15. The van der Waals surface area contributed by atoms with Crippen LogP contribution in [0, 0.1) is 0 Å². The van der Waals surface area contributed by atoms with Gasteiger partial charge in [-0.15, -0.1) is 5.10 Å². The Kier molecular flexibility index (Phi) is 4.17. The Labute approximate surface area is 120 Å². The number of nitrogens with one attached hydrogen (secondary N) is 1. The minimum Gasteiger partial charge on any atom is -0.497 e. The number of hydrogen-bond acceptors (Lipinski definition) is 6. The number of ether oxygens (including phenoxy) is 2. The Morgan fingerprint density at radius 3 is 2.48 bits per heavy atom. The molecule has 2 aromatic rings. The summed E-state index contributed by atoms with van der Waals surface area (Å²) < 4.78 is 11.2. The number of amides is 1. The van der Waals surface area contributed by atoms with Crippen LogP contribution in [-0.2, 0) is 11.8 Å². The zero-order valence-corrected chi connectivity index (χ0v) is 11.8. The number of anilines is 1. The van der Waals surface area contributed by atoms with Crippen LogP contribution in [0.2, 0.25) is 0 Å². The second-order valence-corrected chi connectivity index (χ2v) is 4.14. The van der Waals surface area contributed by atoms with E-state index in [0.717, 1.165) is 0 Å². The third-order valence-corrected chi connectivity index (χ3v) is 2.65. The van der Waals surface area contributed by atoms with Crippen LogP contribution in [0.4, 0.5) is 5.95 Å². The lowest BCUT2D eigenvalue weighted by molar-refractivity contribution is 0.0600. The first-order valence-corrected chi connectivity index (χ1v) is 5.98. The molecule has 0 radical (unpaired) electrons. The van der Waals surface area contributed by atoms with Crippen molar-refractivity contribution < 1.29 is 19.1 Å². The number of carbonyl (C=O) groups is 2. The number of nitrogens with zero attached hydrogens (tertiary/aromatic N) is 3. The maximum Gasteiger partial charge on any atom is 0.338 e. The lowest BCUT2D eigenvalue weighted by atomic mass is 10.1. The fraction of sp³-hybridized carbons (Fsp3) is 0.231. The molecule has 110 valence electrons. The molecule has 0 saturated heterocycles. The molecule has 0 bridgehead atoms. The number of carbonyl (C=O) groups excluding carboxylic acids is 2. The zero-order valence-electron chi connectivity index (χ0n) is 11.8. The Morgan fingerprint density at radius 1 is 1.19 bits per heavy atom. The van der Waals surface area contributed by atoms with Crippen molar-refractivity contribution in [2.24, 2.45) is 7.05 Å². The highest BCUT2D eigenvalue weighted by molar-refractivity contribution is 6.05. The van der Waals surface area contributed by atoms with Gasteiger partial charge >= 0.3 is 5.97 Å². The fourth-order valence-corrected chi connectivity index (χ4v) is 1.65. The molecule has 0 atom stereocenters. The smallest absolute Gasteiger partial charge is 0.338 e. The van der Waals surface area contributed by atoms with Crippen molar-refractivity contribution in [3.8, 4) is 5.75 Å². The molecule has 0 spiro atoms. The standard InChI is InChI=1S/C13H14N4O4/c1-17-7-14-13(16-17)15-11(18)8-4-9(12(19)21-3)6-10(5-8)20-2/h4-7H,1-3H3,(H,15,16,18). The van der Waals surface area contributed by atoms with Crippen molar-refractivity contribution in [1.29, 1.82) is 0 Å². The van der Waals surface area contributed by atoms with Crippen molar-refractivity contribution >= 4 is 17.8 Å². The van der Waals surface area contributed by atoms with Crippen LogP contribution in [0.1, 0.15) is 20.7 Å². The quantitative estimate of drug-likeness (QED) is 0.839. The Bertz CT molecular complexity index is 681. The highest BCUT2D eigenvalue weighted by atomic mass is 16.5. The summed E-state index contributed by atoms with van der Waals surface area (Å²) in [5, 5.41) is 6.47. The third-order valence-electron chi connectivity index (χ3n) is 2.65. The molecule has 1 N–H and O–H groups in total. The molecule has 8 heteroatoms. The van der Waals surface area contributed by atoms with Crippen molar-refractivity contribution in [3.05, 3.63) is 35.7 Å². The Balaban J connectivity index is 2.29.